The van der Waals surface area contributed by atoms with Gasteiger partial charge in [0.25, 0.3) is 0 Å². The number of rotatable bonds is 9. The highest BCUT2D eigenvalue weighted by atomic mass is 15.1. The molecule has 316 valence electrons. The van der Waals surface area contributed by atoms with Crippen LogP contribution in [-0.4, -0.2) is 0 Å². The van der Waals surface area contributed by atoms with Crippen LogP contribution in [0.5, 0.6) is 0 Å². The van der Waals surface area contributed by atoms with Crippen LogP contribution in [0.3, 0.4) is 0 Å². The lowest BCUT2D eigenvalue weighted by atomic mass is 9.73. The van der Waals surface area contributed by atoms with E-state index in [-0.39, 0.29) is 5.41 Å². The fraction of sp³-hybridized carbons (Fsp3) is 0.323. The van der Waals surface area contributed by atoms with Crippen molar-refractivity contribution in [1.29, 1.82) is 0 Å². The van der Waals surface area contributed by atoms with E-state index < -0.39 is 0 Å². The van der Waals surface area contributed by atoms with Crippen molar-refractivity contribution in [2.75, 3.05) is 4.90 Å². The molecule has 0 aromatic heterocycles. The maximum absolute atomic E-state index is 2.62. The first-order valence-electron chi connectivity index (χ1n) is 24.7. The zero-order valence-corrected chi connectivity index (χ0v) is 37.4. The minimum Gasteiger partial charge on any atom is -0.310 e. The molecule has 3 saturated carbocycles. The van der Waals surface area contributed by atoms with Gasteiger partial charge < -0.3 is 4.90 Å². The van der Waals surface area contributed by atoms with Gasteiger partial charge in [0.1, 0.15) is 0 Å². The molecule has 1 heteroatoms. The molecular formula is C62H63N. The third-order valence-electron chi connectivity index (χ3n) is 15.9. The Labute approximate surface area is 377 Å². The first-order valence-corrected chi connectivity index (χ1v) is 24.7. The maximum Gasteiger partial charge on any atom is 0.0540 e. The fourth-order valence-corrected chi connectivity index (χ4v) is 12.4. The van der Waals surface area contributed by atoms with E-state index in [2.05, 4.69) is 176 Å². The SMILES string of the molecule is CC1(c2ccc(C3CCCCC3)cc2)c2ccccc2-c2ccc(N(c3ccc(-c4cc(C5CCCCC5)cc(C5CCCCC5)c4)cc3)c3ccccc3-c3ccccc3)cc21. The summed E-state index contributed by atoms with van der Waals surface area (Å²) < 4.78 is 0. The zero-order chi connectivity index (χ0) is 42.2. The summed E-state index contributed by atoms with van der Waals surface area (Å²) in [6.07, 6.45) is 20.3. The van der Waals surface area contributed by atoms with Crippen LogP contribution < -0.4 is 4.90 Å². The van der Waals surface area contributed by atoms with Crippen molar-refractivity contribution in [2.24, 2.45) is 0 Å². The Bertz CT molecular complexity index is 2630. The van der Waals surface area contributed by atoms with Crippen LogP contribution in [0.25, 0.3) is 33.4 Å². The predicted molar refractivity (Wildman–Crippen MR) is 267 cm³/mol. The third-order valence-corrected chi connectivity index (χ3v) is 15.9. The van der Waals surface area contributed by atoms with Crippen LogP contribution in [0, 0.1) is 0 Å². The predicted octanol–water partition coefficient (Wildman–Crippen LogP) is 18.0. The molecule has 63 heavy (non-hydrogen) atoms. The molecule has 0 radical (unpaired) electrons. The zero-order valence-electron chi connectivity index (χ0n) is 37.4. The Morgan fingerprint density at radius 2 is 0.889 bits per heavy atom. The molecule has 0 saturated heterocycles. The number of benzene rings is 7. The smallest absolute Gasteiger partial charge is 0.0540 e. The lowest BCUT2D eigenvalue weighted by Gasteiger charge is -2.32. The highest BCUT2D eigenvalue weighted by Gasteiger charge is 2.41. The summed E-state index contributed by atoms with van der Waals surface area (Å²) in [7, 11) is 0. The molecule has 0 heterocycles. The molecule has 0 spiro atoms. The molecule has 1 unspecified atom stereocenters. The Morgan fingerprint density at radius 1 is 0.365 bits per heavy atom. The Kier molecular flexibility index (Phi) is 11.1. The van der Waals surface area contributed by atoms with Crippen LogP contribution in [0.2, 0.25) is 0 Å². The molecule has 11 rings (SSSR count). The Balaban J connectivity index is 1.03. The van der Waals surface area contributed by atoms with Gasteiger partial charge in [-0.05, 0) is 155 Å². The minimum atomic E-state index is -0.291. The van der Waals surface area contributed by atoms with Gasteiger partial charge in [-0.25, -0.2) is 0 Å². The van der Waals surface area contributed by atoms with E-state index in [1.165, 1.54) is 169 Å². The number of fused-ring (bicyclic) bond motifs is 3. The summed E-state index contributed by atoms with van der Waals surface area (Å²) >= 11 is 0. The van der Waals surface area contributed by atoms with Crippen LogP contribution in [0.15, 0.2) is 164 Å². The first kappa shape index (κ1) is 40.1. The number of para-hydroxylation sites is 1. The topological polar surface area (TPSA) is 3.24 Å². The summed E-state index contributed by atoms with van der Waals surface area (Å²) in [4.78, 5) is 2.52. The number of nitrogens with zero attached hydrogens (tertiary/aromatic N) is 1. The van der Waals surface area contributed by atoms with Gasteiger partial charge in [0.15, 0.2) is 0 Å². The van der Waals surface area contributed by atoms with Gasteiger partial charge in [-0.15, -0.1) is 0 Å². The second-order valence-corrected chi connectivity index (χ2v) is 19.7. The molecule has 0 bridgehead atoms. The van der Waals surface area contributed by atoms with Crippen LogP contribution in [0.4, 0.5) is 17.1 Å². The van der Waals surface area contributed by atoms with Crippen molar-refractivity contribution in [1.82, 2.24) is 0 Å². The molecule has 1 atom stereocenters. The molecule has 4 aliphatic carbocycles. The normalized spacial score (nSPS) is 19.4. The van der Waals surface area contributed by atoms with Gasteiger partial charge >= 0.3 is 0 Å². The van der Waals surface area contributed by atoms with Gasteiger partial charge in [-0.2, -0.15) is 0 Å². The molecular weight excluding hydrogens is 759 g/mol. The van der Waals surface area contributed by atoms with Gasteiger partial charge in [-0.1, -0.05) is 191 Å². The summed E-state index contributed by atoms with van der Waals surface area (Å²) in [6.45, 7) is 2.47. The molecule has 0 N–H and O–H groups in total. The van der Waals surface area contributed by atoms with Crippen LogP contribution >= 0.6 is 0 Å². The van der Waals surface area contributed by atoms with Gasteiger partial charge in [0.2, 0.25) is 0 Å². The standard InChI is InChI=1S/C62H63N/c1-62(53-34-30-47(31-35-53)44-18-6-2-7-19-44)59-28-16-14-27-57(59)58-39-38-55(43-60(58)62)63(61-29-17-15-26-56(61)49-24-12-5-13-25-49)54-36-32-48(33-37-54)52-41-50(45-20-8-3-9-21-45)40-51(42-52)46-22-10-4-11-23-46/h5,12-17,24-46H,2-4,6-11,18-23H2,1H3. The Morgan fingerprint density at radius 3 is 1.52 bits per heavy atom. The summed E-state index contributed by atoms with van der Waals surface area (Å²) in [5.41, 5.74) is 19.9. The summed E-state index contributed by atoms with van der Waals surface area (Å²) in [6, 6.07) is 63.5. The van der Waals surface area contributed by atoms with E-state index in [0.717, 1.165) is 0 Å². The fourth-order valence-electron chi connectivity index (χ4n) is 12.4. The van der Waals surface area contributed by atoms with Crippen molar-refractivity contribution in [3.63, 3.8) is 0 Å². The van der Waals surface area contributed by atoms with Crippen molar-refractivity contribution in [3.8, 4) is 33.4 Å². The highest BCUT2D eigenvalue weighted by molar-refractivity contribution is 5.91. The number of hydrogen-bond acceptors (Lipinski definition) is 1. The molecule has 0 amide bonds. The highest BCUT2D eigenvalue weighted by Crippen LogP contribution is 2.54. The van der Waals surface area contributed by atoms with Gasteiger partial charge in [0.05, 0.1) is 5.69 Å². The second-order valence-electron chi connectivity index (χ2n) is 19.7. The van der Waals surface area contributed by atoms with E-state index in [4.69, 9.17) is 0 Å². The Hall–Kier alpha value is -5.66. The van der Waals surface area contributed by atoms with Crippen molar-refractivity contribution < 1.29 is 0 Å². The lowest BCUT2D eigenvalue weighted by molar-refractivity contribution is 0.435. The van der Waals surface area contributed by atoms with Crippen molar-refractivity contribution >= 4 is 17.1 Å². The van der Waals surface area contributed by atoms with Crippen molar-refractivity contribution in [3.05, 3.63) is 197 Å². The van der Waals surface area contributed by atoms with Gasteiger partial charge in [0, 0.05) is 22.4 Å². The van der Waals surface area contributed by atoms with Gasteiger partial charge in [-0.3, -0.25) is 0 Å². The molecule has 1 nitrogen and oxygen atoms in total. The largest absolute Gasteiger partial charge is 0.310 e. The average molecular weight is 822 g/mol. The second kappa shape index (κ2) is 17.5. The van der Waals surface area contributed by atoms with E-state index in [9.17, 15) is 0 Å². The van der Waals surface area contributed by atoms with E-state index >= 15 is 0 Å². The average Bonchev–Trinajstić information content (AvgIpc) is 3.63. The summed E-state index contributed by atoms with van der Waals surface area (Å²) in [5.74, 6) is 2.08. The van der Waals surface area contributed by atoms with E-state index in [1.54, 1.807) is 11.1 Å². The molecule has 7 aromatic rings. The van der Waals surface area contributed by atoms with Crippen LogP contribution in [0.1, 0.15) is 154 Å². The molecule has 4 aliphatic rings. The minimum absolute atomic E-state index is 0.291. The monoisotopic (exact) mass is 821 g/mol. The van der Waals surface area contributed by atoms with E-state index in [1.807, 2.05) is 0 Å². The molecule has 7 aromatic carbocycles. The number of hydrogen-bond donors (Lipinski definition) is 0. The van der Waals surface area contributed by atoms with E-state index in [0.29, 0.717) is 17.8 Å². The first-order chi connectivity index (χ1) is 31.1. The molecule has 3 fully saturated rings. The van der Waals surface area contributed by atoms with Crippen LogP contribution in [-0.2, 0) is 5.41 Å². The third kappa shape index (κ3) is 7.66. The maximum atomic E-state index is 2.62. The number of anilines is 3. The van der Waals surface area contributed by atoms with Crippen molar-refractivity contribution in [2.45, 2.75) is 126 Å². The quantitative estimate of drug-likeness (QED) is 0.140. The lowest BCUT2D eigenvalue weighted by Crippen LogP contribution is -2.23. The summed E-state index contributed by atoms with van der Waals surface area (Å²) in [5, 5.41) is 0. The molecule has 0 aliphatic heterocycles.